The minimum atomic E-state index is -0.522. The molecule has 0 aliphatic heterocycles. The second-order valence-corrected chi connectivity index (χ2v) is 5.03. The van der Waals surface area contributed by atoms with E-state index in [9.17, 15) is 14.9 Å². The van der Waals surface area contributed by atoms with E-state index in [1.807, 2.05) is 25.1 Å². The zero-order valence-corrected chi connectivity index (χ0v) is 13.8. The Morgan fingerprint density at radius 3 is 2.72 bits per heavy atom. The van der Waals surface area contributed by atoms with E-state index in [1.165, 1.54) is 31.5 Å². The number of nitro groups is 1. The van der Waals surface area contributed by atoms with Crippen LogP contribution in [0.25, 0.3) is 0 Å². The number of carbonyl (C=O) groups excluding carboxylic acids is 1. The molecule has 0 bridgehead atoms. The third kappa shape index (κ3) is 5.03. The van der Waals surface area contributed by atoms with Crippen molar-refractivity contribution in [1.82, 2.24) is 5.43 Å². The Hall–Kier alpha value is -3.42. The molecular weight excluding hydrogens is 326 g/mol. The molecule has 0 radical (unpaired) electrons. The first kappa shape index (κ1) is 17.9. The minimum absolute atomic E-state index is 0.100. The van der Waals surface area contributed by atoms with Gasteiger partial charge < -0.3 is 9.47 Å². The molecule has 2 aromatic carbocycles. The zero-order valence-electron chi connectivity index (χ0n) is 13.8. The fraction of sp³-hybridized carbons (Fsp3) is 0.176. The van der Waals surface area contributed by atoms with Crippen LogP contribution in [0.1, 0.15) is 11.1 Å². The van der Waals surface area contributed by atoms with Crippen molar-refractivity contribution in [1.29, 1.82) is 0 Å². The number of nitrogens with one attached hydrogen (secondary N) is 1. The second kappa shape index (κ2) is 8.44. The largest absolute Gasteiger partial charge is 0.496 e. The predicted octanol–water partition coefficient (Wildman–Crippen LogP) is 2.44. The van der Waals surface area contributed by atoms with E-state index >= 15 is 0 Å². The highest BCUT2D eigenvalue weighted by Gasteiger charge is 2.10. The SMILES string of the molecule is COc1ccc([N+](=O)[O-])cc1/C=N\NC(=O)COc1ccccc1C. The first-order valence-corrected chi connectivity index (χ1v) is 7.34. The summed E-state index contributed by atoms with van der Waals surface area (Å²) in [6.07, 6.45) is 1.28. The molecule has 0 unspecified atom stereocenters. The van der Waals surface area contributed by atoms with E-state index in [0.29, 0.717) is 17.1 Å². The summed E-state index contributed by atoms with van der Waals surface area (Å²) in [5.41, 5.74) is 3.49. The van der Waals surface area contributed by atoms with Gasteiger partial charge in [-0.25, -0.2) is 5.43 Å². The molecule has 0 saturated carbocycles. The van der Waals surface area contributed by atoms with Gasteiger partial charge in [-0.2, -0.15) is 5.10 Å². The van der Waals surface area contributed by atoms with Gasteiger partial charge in [-0.3, -0.25) is 14.9 Å². The standard InChI is InChI=1S/C17H17N3O5/c1-12-5-3-4-6-15(12)25-11-17(21)19-18-10-13-9-14(20(22)23)7-8-16(13)24-2/h3-10H,11H2,1-2H3,(H,19,21)/b18-10-. The minimum Gasteiger partial charge on any atom is -0.496 e. The highest BCUT2D eigenvalue weighted by Crippen LogP contribution is 2.22. The van der Waals surface area contributed by atoms with Crippen LogP contribution in [0.4, 0.5) is 5.69 Å². The molecule has 0 aliphatic carbocycles. The molecule has 0 fully saturated rings. The average molecular weight is 343 g/mol. The number of non-ortho nitro benzene ring substituents is 1. The van der Waals surface area contributed by atoms with Gasteiger partial charge >= 0.3 is 0 Å². The maximum absolute atomic E-state index is 11.8. The first-order valence-electron chi connectivity index (χ1n) is 7.34. The number of para-hydroxylation sites is 1. The Balaban J connectivity index is 1.96. The molecule has 8 heteroatoms. The van der Waals surface area contributed by atoms with E-state index in [-0.39, 0.29) is 12.3 Å². The van der Waals surface area contributed by atoms with Gasteiger partial charge in [-0.05, 0) is 24.6 Å². The van der Waals surface area contributed by atoms with E-state index in [2.05, 4.69) is 10.5 Å². The highest BCUT2D eigenvalue weighted by molar-refractivity contribution is 5.86. The number of aryl methyl sites for hydroxylation is 1. The number of rotatable bonds is 7. The molecule has 0 atom stereocenters. The lowest BCUT2D eigenvalue weighted by Gasteiger charge is -2.07. The van der Waals surface area contributed by atoms with Gasteiger partial charge in [0.05, 0.1) is 18.2 Å². The van der Waals surface area contributed by atoms with Crippen molar-refractivity contribution in [2.45, 2.75) is 6.92 Å². The number of ether oxygens (including phenoxy) is 2. The van der Waals surface area contributed by atoms with Gasteiger partial charge in [0, 0.05) is 17.7 Å². The number of methoxy groups -OCH3 is 1. The Bertz CT molecular complexity index is 805. The van der Waals surface area contributed by atoms with Gasteiger partial charge in [0.1, 0.15) is 11.5 Å². The molecule has 0 aromatic heterocycles. The van der Waals surface area contributed by atoms with Crippen LogP contribution >= 0.6 is 0 Å². The third-order valence-electron chi connectivity index (χ3n) is 3.27. The molecule has 0 saturated heterocycles. The van der Waals surface area contributed by atoms with Crippen molar-refractivity contribution in [3.63, 3.8) is 0 Å². The van der Waals surface area contributed by atoms with Gasteiger partial charge in [-0.1, -0.05) is 18.2 Å². The molecule has 2 aromatic rings. The van der Waals surface area contributed by atoms with Gasteiger partial charge in [0.15, 0.2) is 6.61 Å². The topological polar surface area (TPSA) is 103 Å². The highest BCUT2D eigenvalue weighted by atomic mass is 16.6. The summed E-state index contributed by atoms with van der Waals surface area (Å²) in [7, 11) is 1.44. The number of hydrogen-bond donors (Lipinski definition) is 1. The van der Waals surface area contributed by atoms with E-state index in [1.54, 1.807) is 6.07 Å². The summed E-state index contributed by atoms with van der Waals surface area (Å²) < 4.78 is 10.5. The van der Waals surface area contributed by atoms with Gasteiger partial charge in [0.25, 0.3) is 11.6 Å². The Labute approximate surface area is 144 Å². The fourth-order valence-corrected chi connectivity index (χ4v) is 2.00. The number of hydrazone groups is 1. The van der Waals surface area contributed by atoms with Crippen LogP contribution in [0.3, 0.4) is 0 Å². The summed E-state index contributed by atoms with van der Waals surface area (Å²) >= 11 is 0. The lowest BCUT2D eigenvalue weighted by atomic mass is 10.2. The summed E-state index contributed by atoms with van der Waals surface area (Å²) in [4.78, 5) is 22.1. The smallest absolute Gasteiger partial charge is 0.277 e. The molecular formula is C17H17N3O5. The summed E-state index contributed by atoms with van der Waals surface area (Å²) in [6, 6.07) is 11.4. The van der Waals surface area contributed by atoms with Gasteiger partial charge in [-0.15, -0.1) is 0 Å². The molecule has 130 valence electrons. The van der Waals surface area contributed by atoms with Crippen LogP contribution in [0, 0.1) is 17.0 Å². The summed E-state index contributed by atoms with van der Waals surface area (Å²) in [6.45, 7) is 1.67. The van der Waals surface area contributed by atoms with E-state index < -0.39 is 10.8 Å². The number of benzene rings is 2. The van der Waals surface area contributed by atoms with E-state index in [0.717, 1.165) is 5.56 Å². The number of carbonyl (C=O) groups is 1. The maximum atomic E-state index is 11.8. The van der Waals surface area contributed by atoms with Crippen LogP contribution < -0.4 is 14.9 Å². The summed E-state index contributed by atoms with van der Waals surface area (Å²) in [5, 5.41) is 14.6. The van der Waals surface area contributed by atoms with Crippen LogP contribution in [-0.4, -0.2) is 30.8 Å². The van der Waals surface area contributed by atoms with Crippen molar-refractivity contribution in [3.8, 4) is 11.5 Å². The molecule has 1 N–H and O–H groups in total. The number of hydrogen-bond acceptors (Lipinski definition) is 6. The molecule has 0 heterocycles. The molecule has 1 amide bonds. The Kier molecular flexibility index (Phi) is 6.05. The molecule has 25 heavy (non-hydrogen) atoms. The lowest BCUT2D eigenvalue weighted by molar-refractivity contribution is -0.384. The van der Waals surface area contributed by atoms with Crippen LogP contribution in [-0.2, 0) is 4.79 Å². The monoisotopic (exact) mass is 343 g/mol. The average Bonchev–Trinajstić information content (AvgIpc) is 2.61. The maximum Gasteiger partial charge on any atom is 0.277 e. The second-order valence-electron chi connectivity index (χ2n) is 5.03. The molecule has 0 aliphatic rings. The lowest BCUT2D eigenvalue weighted by Crippen LogP contribution is -2.24. The normalized spacial score (nSPS) is 10.5. The fourth-order valence-electron chi connectivity index (χ4n) is 2.00. The zero-order chi connectivity index (χ0) is 18.2. The van der Waals surface area contributed by atoms with Crippen LogP contribution in [0.5, 0.6) is 11.5 Å². The van der Waals surface area contributed by atoms with Crippen molar-refractivity contribution < 1.29 is 19.2 Å². The van der Waals surface area contributed by atoms with Gasteiger partial charge in [0.2, 0.25) is 0 Å². The Morgan fingerprint density at radius 1 is 1.28 bits per heavy atom. The van der Waals surface area contributed by atoms with Crippen molar-refractivity contribution in [2.75, 3.05) is 13.7 Å². The summed E-state index contributed by atoms with van der Waals surface area (Å²) in [5.74, 6) is 0.561. The van der Waals surface area contributed by atoms with Crippen molar-refractivity contribution in [3.05, 3.63) is 63.7 Å². The predicted molar refractivity (Wildman–Crippen MR) is 92.1 cm³/mol. The number of amides is 1. The quantitative estimate of drug-likeness (QED) is 0.472. The number of nitro benzene ring substituents is 1. The molecule has 2 rings (SSSR count). The van der Waals surface area contributed by atoms with Crippen LogP contribution in [0.2, 0.25) is 0 Å². The Morgan fingerprint density at radius 2 is 2.04 bits per heavy atom. The van der Waals surface area contributed by atoms with E-state index in [4.69, 9.17) is 9.47 Å². The first-order chi connectivity index (χ1) is 12.0. The van der Waals surface area contributed by atoms with Crippen molar-refractivity contribution >= 4 is 17.8 Å². The number of nitrogens with zero attached hydrogens (tertiary/aromatic N) is 2. The van der Waals surface area contributed by atoms with Crippen molar-refractivity contribution in [2.24, 2.45) is 5.10 Å². The molecule has 0 spiro atoms. The van der Waals surface area contributed by atoms with Crippen LogP contribution in [0.15, 0.2) is 47.6 Å². The molecule has 8 nitrogen and oxygen atoms in total. The third-order valence-corrected chi connectivity index (χ3v) is 3.27.